The quantitative estimate of drug-likeness (QED) is 0.247. The summed E-state index contributed by atoms with van der Waals surface area (Å²) in [6, 6.07) is 12.9. The number of aryl methyl sites for hydroxylation is 2. The van der Waals surface area contributed by atoms with Crippen molar-refractivity contribution in [1.82, 2.24) is 26.2 Å². The van der Waals surface area contributed by atoms with Crippen LogP contribution in [0.15, 0.2) is 36.4 Å². The van der Waals surface area contributed by atoms with Crippen LogP contribution in [0.4, 0.5) is 0 Å². The third-order valence-electron chi connectivity index (χ3n) is 8.39. The van der Waals surface area contributed by atoms with Gasteiger partial charge in [-0.05, 0) is 85.5 Å². The molecule has 2 aromatic rings. The summed E-state index contributed by atoms with van der Waals surface area (Å²) >= 11 is 0. The van der Waals surface area contributed by atoms with Crippen molar-refractivity contribution in [2.45, 2.75) is 56.5 Å². The number of likely N-dealkylation sites (N-methyl/N-ethyl adjacent to an activating group) is 1. The lowest BCUT2D eigenvalue weighted by Crippen LogP contribution is -2.50. The fourth-order valence-electron chi connectivity index (χ4n) is 6.32. The second-order valence-electron chi connectivity index (χ2n) is 10.8. The summed E-state index contributed by atoms with van der Waals surface area (Å²) in [5, 5.41) is 30.5. The Balaban J connectivity index is 1.78. The summed E-state index contributed by atoms with van der Waals surface area (Å²) in [4.78, 5) is 39.6. The van der Waals surface area contributed by atoms with Crippen LogP contribution in [0, 0.1) is 16.7 Å². The van der Waals surface area contributed by atoms with Crippen LogP contribution in [0.5, 0.6) is 0 Å². The molecule has 0 radical (unpaired) electrons. The molecule has 0 saturated carbocycles. The minimum absolute atomic E-state index is 0.0905. The van der Waals surface area contributed by atoms with E-state index in [-0.39, 0.29) is 42.2 Å². The lowest BCUT2D eigenvalue weighted by atomic mass is 9.67. The molecule has 0 aromatic heterocycles. The number of likely N-dealkylation sites (tertiary alicyclic amines) is 1. The van der Waals surface area contributed by atoms with Crippen LogP contribution in [0.1, 0.15) is 69.2 Å². The maximum absolute atomic E-state index is 13.0. The molecule has 10 heteroatoms. The number of rotatable bonds is 8. The molecular formula is C31H39N7O3. The number of hydrogen-bond donors (Lipinski definition) is 5. The van der Waals surface area contributed by atoms with Crippen molar-refractivity contribution < 1.29 is 14.4 Å². The highest BCUT2D eigenvalue weighted by atomic mass is 16.2. The number of hydrogen-bond acceptors (Lipinski definition) is 6. The molecular weight excluding hydrogens is 518 g/mol. The van der Waals surface area contributed by atoms with Gasteiger partial charge in [-0.1, -0.05) is 12.1 Å². The summed E-state index contributed by atoms with van der Waals surface area (Å²) < 4.78 is 0. The molecule has 0 spiro atoms. The van der Waals surface area contributed by atoms with E-state index in [4.69, 9.17) is 0 Å². The van der Waals surface area contributed by atoms with Gasteiger partial charge in [0, 0.05) is 44.9 Å². The maximum atomic E-state index is 13.0. The molecule has 41 heavy (non-hydrogen) atoms. The van der Waals surface area contributed by atoms with Gasteiger partial charge in [0.25, 0.3) is 11.8 Å². The highest BCUT2D eigenvalue weighted by Gasteiger charge is 2.44. The van der Waals surface area contributed by atoms with E-state index >= 15 is 0 Å². The number of amidine groups is 1. The zero-order chi connectivity index (χ0) is 29.7. The molecule has 1 saturated heterocycles. The lowest BCUT2D eigenvalue weighted by Gasteiger charge is -2.39. The predicted octanol–water partition coefficient (Wildman–Crippen LogP) is 1.87. The van der Waals surface area contributed by atoms with Crippen LogP contribution < -0.4 is 21.3 Å². The Bertz CT molecular complexity index is 1330. The Morgan fingerprint density at radius 1 is 1.00 bits per heavy atom. The van der Waals surface area contributed by atoms with Gasteiger partial charge < -0.3 is 26.2 Å². The highest BCUT2D eigenvalue weighted by Crippen LogP contribution is 2.44. The van der Waals surface area contributed by atoms with E-state index in [0.717, 1.165) is 28.7 Å². The topological polar surface area (TPSA) is 150 Å². The minimum Gasteiger partial charge on any atom is -0.376 e. The van der Waals surface area contributed by atoms with Crippen molar-refractivity contribution in [3.05, 3.63) is 69.8 Å². The molecule has 1 heterocycles. The SMILES string of the molecule is CNC(=N)C1(C[C@H](C)NCC(=O)N2CCC[C@H]2C#N)c2ccc(C(=O)NC)cc2CCc2cc(C(=O)NC)ccc21. The number of benzene rings is 2. The molecule has 0 unspecified atom stereocenters. The molecule has 1 fully saturated rings. The fraction of sp³-hybridized carbons (Fsp3) is 0.452. The van der Waals surface area contributed by atoms with Crippen molar-refractivity contribution in [2.24, 2.45) is 0 Å². The van der Waals surface area contributed by atoms with E-state index in [2.05, 4.69) is 27.3 Å². The van der Waals surface area contributed by atoms with Gasteiger partial charge in [0.2, 0.25) is 5.91 Å². The van der Waals surface area contributed by atoms with Crippen molar-refractivity contribution in [3.63, 3.8) is 0 Å². The monoisotopic (exact) mass is 557 g/mol. The first-order chi connectivity index (χ1) is 19.7. The smallest absolute Gasteiger partial charge is 0.251 e. The minimum atomic E-state index is -0.934. The molecule has 2 atom stereocenters. The summed E-state index contributed by atoms with van der Waals surface area (Å²) in [5.41, 5.74) is 3.91. The van der Waals surface area contributed by atoms with Crippen LogP contribution in [0.3, 0.4) is 0 Å². The first-order valence-corrected chi connectivity index (χ1v) is 14.1. The van der Waals surface area contributed by atoms with Gasteiger partial charge in [0.05, 0.1) is 18.0 Å². The van der Waals surface area contributed by atoms with Crippen LogP contribution in [-0.2, 0) is 23.1 Å². The van der Waals surface area contributed by atoms with E-state index in [1.807, 2.05) is 31.2 Å². The number of nitriles is 1. The number of amides is 3. The van der Waals surface area contributed by atoms with Crippen molar-refractivity contribution >= 4 is 23.6 Å². The number of nitrogens with zero attached hydrogens (tertiary/aromatic N) is 2. The van der Waals surface area contributed by atoms with Crippen molar-refractivity contribution in [2.75, 3.05) is 34.2 Å². The van der Waals surface area contributed by atoms with Gasteiger partial charge in [-0.2, -0.15) is 5.26 Å². The summed E-state index contributed by atoms with van der Waals surface area (Å²) in [6.45, 7) is 2.67. The van der Waals surface area contributed by atoms with Crippen LogP contribution in [0.25, 0.3) is 0 Å². The Kier molecular flexibility index (Phi) is 9.08. The van der Waals surface area contributed by atoms with Crippen molar-refractivity contribution in [1.29, 1.82) is 10.7 Å². The molecule has 3 amide bonds. The summed E-state index contributed by atoms with van der Waals surface area (Å²) in [7, 11) is 4.92. The van der Waals surface area contributed by atoms with Crippen LogP contribution >= 0.6 is 0 Å². The second kappa shape index (κ2) is 12.5. The zero-order valence-electron chi connectivity index (χ0n) is 24.2. The highest BCUT2D eigenvalue weighted by molar-refractivity contribution is 5.98. The molecule has 216 valence electrons. The van der Waals surface area contributed by atoms with Gasteiger partial charge in [0.1, 0.15) is 11.9 Å². The number of fused-ring (bicyclic) bond motifs is 2. The molecule has 4 rings (SSSR count). The van der Waals surface area contributed by atoms with E-state index in [1.54, 1.807) is 38.2 Å². The van der Waals surface area contributed by atoms with Gasteiger partial charge in [-0.3, -0.25) is 19.8 Å². The van der Waals surface area contributed by atoms with E-state index in [1.165, 1.54) is 0 Å². The van der Waals surface area contributed by atoms with Gasteiger partial charge >= 0.3 is 0 Å². The molecule has 1 aliphatic heterocycles. The molecule has 1 aliphatic carbocycles. The Morgan fingerprint density at radius 3 is 2.05 bits per heavy atom. The number of nitrogens with one attached hydrogen (secondary N) is 5. The molecule has 2 aliphatic rings. The number of carbonyl (C=O) groups excluding carboxylic acids is 3. The largest absolute Gasteiger partial charge is 0.376 e. The average Bonchev–Trinajstić information content (AvgIpc) is 3.44. The van der Waals surface area contributed by atoms with Crippen LogP contribution in [0.2, 0.25) is 0 Å². The van der Waals surface area contributed by atoms with E-state index in [9.17, 15) is 25.1 Å². The molecule has 0 bridgehead atoms. The molecule has 2 aromatic carbocycles. The summed E-state index contributed by atoms with van der Waals surface area (Å²) in [6.07, 6.45) is 3.23. The first kappa shape index (κ1) is 29.7. The molecule has 5 N–H and O–H groups in total. The second-order valence-corrected chi connectivity index (χ2v) is 10.8. The normalized spacial score (nSPS) is 17.7. The molecule has 10 nitrogen and oxygen atoms in total. The zero-order valence-corrected chi connectivity index (χ0v) is 24.2. The Hall–Kier alpha value is -4.23. The van der Waals surface area contributed by atoms with Crippen LogP contribution in [-0.4, -0.2) is 74.8 Å². The Morgan fingerprint density at radius 2 is 1.56 bits per heavy atom. The van der Waals surface area contributed by atoms with E-state index < -0.39 is 5.41 Å². The number of carbonyl (C=O) groups is 3. The third kappa shape index (κ3) is 5.68. The standard InChI is InChI=1S/C31H39N7O3/c1-19(37-18-27(39)38-13-5-6-24(38)17-32)16-31(30(33)36-4)25-11-9-22(28(40)34-2)14-20(25)7-8-21-15-23(29(41)35-3)10-12-26(21)31/h9-12,14-15,19,24,37H,5-8,13,16,18H2,1-4H3,(H2,33,36)(H,34,40)(H,35,41)/t19-,24-/m0/s1. The lowest BCUT2D eigenvalue weighted by molar-refractivity contribution is -0.130. The van der Waals surface area contributed by atoms with Gasteiger partial charge in [-0.15, -0.1) is 0 Å². The summed E-state index contributed by atoms with van der Waals surface area (Å²) in [5.74, 6) is -0.189. The van der Waals surface area contributed by atoms with E-state index in [0.29, 0.717) is 43.4 Å². The van der Waals surface area contributed by atoms with Gasteiger partial charge in [-0.25, -0.2) is 0 Å². The first-order valence-electron chi connectivity index (χ1n) is 14.1. The van der Waals surface area contributed by atoms with Crippen molar-refractivity contribution in [3.8, 4) is 6.07 Å². The average molecular weight is 558 g/mol. The van der Waals surface area contributed by atoms with Gasteiger partial charge in [0.15, 0.2) is 0 Å². The third-order valence-corrected chi connectivity index (χ3v) is 8.39. The Labute approximate surface area is 241 Å². The maximum Gasteiger partial charge on any atom is 0.251 e. The fourth-order valence-corrected chi connectivity index (χ4v) is 6.32. The predicted molar refractivity (Wildman–Crippen MR) is 157 cm³/mol.